The van der Waals surface area contributed by atoms with Crippen LogP contribution in [0, 0.1) is 0 Å². The molecule has 0 aliphatic carbocycles. The van der Waals surface area contributed by atoms with E-state index in [1.54, 1.807) is 19.1 Å². The van der Waals surface area contributed by atoms with E-state index in [-0.39, 0.29) is 42.2 Å². The van der Waals surface area contributed by atoms with E-state index in [9.17, 15) is 4.79 Å². The minimum atomic E-state index is -0.483. The number of anilines is 1. The number of ether oxygens (including phenoxy) is 1. The van der Waals surface area contributed by atoms with E-state index >= 15 is 0 Å². The van der Waals surface area contributed by atoms with Crippen LogP contribution in [0.3, 0.4) is 0 Å². The molecule has 0 amide bonds. The lowest BCUT2D eigenvalue weighted by Gasteiger charge is -2.04. The molecule has 0 atom stereocenters. The van der Waals surface area contributed by atoms with Crippen molar-refractivity contribution in [3.8, 4) is 0 Å². The summed E-state index contributed by atoms with van der Waals surface area (Å²) in [5, 5.41) is 2.96. The van der Waals surface area contributed by atoms with Gasteiger partial charge in [-0.1, -0.05) is 18.2 Å². The Kier molecular flexibility index (Phi) is 7.44. The van der Waals surface area contributed by atoms with E-state index in [4.69, 9.17) is 14.9 Å². The minimum Gasteiger partial charge on any atom is -0.460 e. The van der Waals surface area contributed by atoms with Crippen LogP contribution in [0.5, 0.6) is 0 Å². The number of nitrogens with one attached hydrogen (secondary N) is 1. The number of esters is 1. The molecule has 0 aliphatic rings. The number of hydrogen-bond donors (Lipinski definition) is 2. The summed E-state index contributed by atoms with van der Waals surface area (Å²) >= 11 is 0. The van der Waals surface area contributed by atoms with Gasteiger partial charge in [-0.15, -0.1) is 24.0 Å². The monoisotopic (exact) mass is 415 g/mol. The molecule has 118 valence electrons. The Morgan fingerprint density at radius 2 is 2.00 bits per heavy atom. The molecule has 7 heteroatoms. The van der Waals surface area contributed by atoms with Crippen LogP contribution in [0.25, 0.3) is 0 Å². The van der Waals surface area contributed by atoms with E-state index in [1.807, 2.05) is 30.3 Å². The van der Waals surface area contributed by atoms with Crippen molar-refractivity contribution in [1.29, 1.82) is 0 Å². The third-order valence-electron chi connectivity index (χ3n) is 2.59. The fraction of sp³-hybridized carbons (Fsp3) is 0.200. The summed E-state index contributed by atoms with van der Waals surface area (Å²) in [4.78, 5) is 15.6. The number of rotatable bonds is 5. The molecule has 22 heavy (non-hydrogen) atoms. The number of carbonyl (C=O) groups excluding carboxylic acids is 1. The van der Waals surface area contributed by atoms with Crippen LogP contribution < -0.4 is 11.1 Å². The predicted octanol–water partition coefficient (Wildman–Crippen LogP) is 3.00. The molecule has 0 fully saturated rings. The van der Waals surface area contributed by atoms with Gasteiger partial charge in [0.1, 0.15) is 12.3 Å². The maximum absolute atomic E-state index is 11.4. The summed E-state index contributed by atoms with van der Waals surface area (Å²) in [5.41, 5.74) is 6.63. The molecule has 0 unspecified atom stereocenters. The van der Waals surface area contributed by atoms with Crippen molar-refractivity contribution in [2.45, 2.75) is 13.5 Å². The quantitative estimate of drug-likeness (QED) is 0.339. The summed E-state index contributed by atoms with van der Waals surface area (Å²) in [7, 11) is 0. The van der Waals surface area contributed by atoms with E-state index in [1.165, 1.54) is 0 Å². The number of aliphatic imine (C=N–C) groups is 1. The third-order valence-corrected chi connectivity index (χ3v) is 2.59. The van der Waals surface area contributed by atoms with Gasteiger partial charge in [-0.2, -0.15) is 0 Å². The van der Waals surface area contributed by atoms with Gasteiger partial charge in [-0.3, -0.25) is 0 Å². The first kappa shape index (κ1) is 18.0. The van der Waals surface area contributed by atoms with Crippen molar-refractivity contribution in [2.24, 2.45) is 10.7 Å². The first-order chi connectivity index (χ1) is 10.2. The molecule has 6 nitrogen and oxygen atoms in total. The fourth-order valence-corrected chi connectivity index (χ4v) is 1.65. The number of nitrogens with two attached hydrogens (primary N) is 1. The highest BCUT2D eigenvalue weighted by molar-refractivity contribution is 14.0. The van der Waals surface area contributed by atoms with Crippen molar-refractivity contribution >= 4 is 41.6 Å². The highest BCUT2D eigenvalue weighted by atomic mass is 127. The zero-order valence-electron chi connectivity index (χ0n) is 12.1. The van der Waals surface area contributed by atoms with Gasteiger partial charge in [0.05, 0.1) is 6.61 Å². The van der Waals surface area contributed by atoms with Crippen LogP contribution in [0.1, 0.15) is 23.2 Å². The van der Waals surface area contributed by atoms with Gasteiger partial charge in [-0.05, 0) is 31.2 Å². The van der Waals surface area contributed by atoms with Crippen molar-refractivity contribution < 1.29 is 13.9 Å². The summed E-state index contributed by atoms with van der Waals surface area (Å²) < 4.78 is 10.2. The Morgan fingerprint density at radius 1 is 1.27 bits per heavy atom. The lowest BCUT2D eigenvalue weighted by atomic mass is 10.3. The molecular formula is C15H18IN3O3. The van der Waals surface area contributed by atoms with Crippen LogP contribution in [0.15, 0.2) is 51.9 Å². The Bertz CT molecular complexity index is 626. The molecule has 1 heterocycles. The number of halogens is 1. The number of guanidine groups is 1. The summed E-state index contributed by atoms with van der Waals surface area (Å²) in [5.74, 6) is 0.492. The smallest absolute Gasteiger partial charge is 0.374 e. The van der Waals surface area contributed by atoms with Gasteiger partial charge >= 0.3 is 5.97 Å². The number of furan rings is 1. The molecule has 0 radical (unpaired) electrons. The van der Waals surface area contributed by atoms with Crippen molar-refractivity contribution in [1.82, 2.24) is 0 Å². The van der Waals surface area contributed by atoms with E-state index in [0.717, 1.165) is 5.69 Å². The second kappa shape index (κ2) is 9.08. The maximum atomic E-state index is 11.4. The molecule has 0 spiro atoms. The number of nitrogens with zero attached hydrogens (tertiary/aromatic N) is 1. The number of benzene rings is 1. The molecule has 0 saturated heterocycles. The second-order valence-corrected chi connectivity index (χ2v) is 4.18. The maximum Gasteiger partial charge on any atom is 0.374 e. The van der Waals surface area contributed by atoms with Crippen LogP contribution in [-0.2, 0) is 11.3 Å². The largest absolute Gasteiger partial charge is 0.460 e. The van der Waals surface area contributed by atoms with Crippen LogP contribution in [0.2, 0.25) is 0 Å². The topological polar surface area (TPSA) is 89.8 Å². The summed E-state index contributed by atoms with van der Waals surface area (Å²) in [6.07, 6.45) is 0. The van der Waals surface area contributed by atoms with Crippen LogP contribution in [-0.4, -0.2) is 18.5 Å². The molecule has 0 saturated carbocycles. The highest BCUT2D eigenvalue weighted by Crippen LogP contribution is 2.11. The van der Waals surface area contributed by atoms with Crippen LogP contribution >= 0.6 is 24.0 Å². The minimum absolute atomic E-state index is 0. The second-order valence-electron chi connectivity index (χ2n) is 4.18. The third kappa shape index (κ3) is 5.40. The summed E-state index contributed by atoms with van der Waals surface area (Å²) in [6, 6.07) is 12.7. The predicted molar refractivity (Wildman–Crippen MR) is 95.5 cm³/mol. The molecule has 2 rings (SSSR count). The molecule has 0 bridgehead atoms. The van der Waals surface area contributed by atoms with Gasteiger partial charge < -0.3 is 20.2 Å². The van der Waals surface area contributed by atoms with Gasteiger partial charge in [0.2, 0.25) is 5.76 Å². The number of para-hydroxylation sites is 1. The van der Waals surface area contributed by atoms with Crippen LogP contribution in [0.4, 0.5) is 5.69 Å². The standard InChI is InChI=1S/C15H17N3O3.HI/c1-2-20-14(19)13-9-8-12(21-13)10-17-15(16)18-11-6-4-3-5-7-11;/h3-9H,2,10H2,1H3,(H3,16,17,18);1H. The van der Waals surface area contributed by atoms with Gasteiger partial charge in [-0.25, -0.2) is 9.79 Å². The average molecular weight is 415 g/mol. The first-order valence-electron chi connectivity index (χ1n) is 6.57. The van der Waals surface area contributed by atoms with Gasteiger partial charge in [0, 0.05) is 5.69 Å². The molecule has 3 N–H and O–H groups in total. The van der Waals surface area contributed by atoms with Crippen molar-refractivity contribution in [3.05, 3.63) is 54.0 Å². The average Bonchev–Trinajstić information content (AvgIpc) is 2.95. The molecule has 0 aliphatic heterocycles. The molecule has 1 aromatic heterocycles. The lowest BCUT2D eigenvalue weighted by Crippen LogP contribution is -2.22. The van der Waals surface area contributed by atoms with Gasteiger partial charge in [0.15, 0.2) is 5.96 Å². The van der Waals surface area contributed by atoms with Crippen molar-refractivity contribution in [2.75, 3.05) is 11.9 Å². The fourth-order valence-electron chi connectivity index (χ4n) is 1.65. The van der Waals surface area contributed by atoms with E-state index in [0.29, 0.717) is 12.4 Å². The van der Waals surface area contributed by atoms with E-state index in [2.05, 4.69) is 10.3 Å². The van der Waals surface area contributed by atoms with E-state index < -0.39 is 5.97 Å². The first-order valence-corrected chi connectivity index (χ1v) is 6.57. The zero-order valence-corrected chi connectivity index (χ0v) is 14.4. The SMILES string of the molecule is CCOC(=O)c1ccc(CN=C(N)Nc2ccccc2)o1.I. The number of carbonyl (C=O) groups is 1. The van der Waals surface area contributed by atoms with Gasteiger partial charge in [0.25, 0.3) is 0 Å². The normalized spacial score (nSPS) is 10.7. The lowest BCUT2D eigenvalue weighted by molar-refractivity contribution is 0.0488. The summed E-state index contributed by atoms with van der Waals surface area (Å²) in [6.45, 7) is 2.29. The molecule has 1 aromatic carbocycles. The zero-order chi connectivity index (χ0) is 15.1. The molecular weight excluding hydrogens is 397 g/mol. The molecule has 2 aromatic rings. The number of hydrogen-bond acceptors (Lipinski definition) is 4. The van der Waals surface area contributed by atoms with Crippen molar-refractivity contribution in [3.63, 3.8) is 0 Å². The Balaban J connectivity index is 0.00000242. The Hall–Kier alpha value is -2.03. The highest BCUT2D eigenvalue weighted by Gasteiger charge is 2.11. The Labute approximate surface area is 145 Å². The Morgan fingerprint density at radius 3 is 2.68 bits per heavy atom.